The fourth-order valence-corrected chi connectivity index (χ4v) is 2.56. The van der Waals surface area contributed by atoms with Crippen molar-refractivity contribution in [2.75, 3.05) is 0 Å². The van der Waals surface area contributed by atoms with Gasteiger partial charge in [0.15, 0.2) is 4.77 Å². The van der Waals surface area contributed by atoms with Crippen molar-refractivity contribution in [1.82, 2.24) is 9.13 Å². The summed E-state index contributed by atoms with van der Waals surface area (Å²) in [5, 5.41) is 18.5. The van der Waals surface area contributed by atoms with Crippen molar-refractivity contribution >= 4 is 55.1 Å². The molecule has 0 radical (unpaired) electrons. The van der Waals surface area contributed by atoms with E-state index in [2.05, 4.69) is 31.9 Å². The predicted octanol–water partition coefficient (Wildman–Crippen LogP) is 2.60. The molecule has 0 fully saturated rings. The lowest BCUT2D eigenvalue weighted by atomic mass is 10.3. The molecule has 1 heterocycles. The van der Waals surface area contributed by atoms with Crippen LogP contribution in [0.5, 0.6) is 0 Å². The number of rotatable bonds is 2. The molecule has 16 heavy (non-hydrogen) atoms. The molecule has 0 spiro atoms. The molecule has 4 nitrogen and oxygen atoms in total. The molecule has 0 saturated heterocycles. The van der Waals surface area contributed by atoms with Gasteiger partial charge in [-0.2, -0.15) is 0 Å². The number of hydrogen-bond donors (Lipinski definition) is 2. The predicted molar refractivity (Wildman–Crippen MR) is 70.6 cm³/mol. The third-order valence-corrected chi connectivity index (χ3v) is 4.63. The Morgan fingerprint density at radius 1 is 1.00 bits per heavy atom. The summed E-state index contributed by atoms with van der Waals surface area (Å²) in [6, 6.07) is 3.69. The summed E-state index contributed by atoms with van der Waals surface area (Å²) in [5.41, 5.74) is 1.55. The molecule has 1 aromatic carbocycles. The van der Waals surface area contributed by atoms with E-state index in [4.69, 9.17) is 12.2 Å². The van der Waals surface area contributed by atoms with Crippen LogP contribution in [-0.2, 0) is 13.5 Å². The largest absolute Gasteiger partial charge is 0.376 e. The van der Waals surface area contributed by atoms with Gasteiger partial charge in [0.05, 0.1) is 11.0 Å². The van der Waals surface area contributed by atoms with Crippen molar-refractivity contribution in [1.29, 1.82) is 0 Å². The quantitative estimate of drug-likeness (QED) is 0.802. The highest BCUT2D eigenvalue weighted by Crippen LogP contribution is 2.29. The summed E-state index contributed by atoms with van der Waals surface area (Å²) >= 11 is 11.9. The van der Waals surface area contributed by atoms with Gasteiger partial charge in [0.1, 0.15) is 13.5 Å². The SMILES string of the molecule is OCn1c(=S)n(CO)c2cc(Br)c(Br)cc21. The number of halogens is 2. The Morgan fingerprint density at radius 3 is 1.69 bits per heavy atom. The number of benzene rings is 1. The van der Waals surface area contributed by atoms with Crippen LogP contribution in [0.1, 0.15) is 0 Å². The van der Waals surface area contributed by atoms with Gasteiger partial charge in [-0.25, -0.2) is 0 Å². The van der Waals surface area contributed by atoms with E-state index in [-0.39, 0.29) is 13.5 Å². The average Bonchev–Trinajstić information content (AvgIpc) is 2.50. The van der Waals surface area contributed by atoms with E-state index in [0.717, 1.165) is 20.0 Å². The second kappa shape index (κ2) is 4.58. The fourth-order valence-electron chi connectivity index (χ4n) is 1.58. The van der Waals surface area contributed by atoms with Crippen LogP contribution in [0.15, 0.2) is 21.1 Å². The van der Waals surface area contributed by atoms with Gasteiger partial charge in [0, 0.05) is 8.95 Å². The van der Waals surface area contributed by atoms with Gasteiger partial charge in [0.25, 0.3) is 0 Å². The molecule has 0 aliphatic heterocycles. The van der Waals surface area contributed by atoms with Crippen molar-refractivity contribution in [3.05, 3.63) is 25.8 Å². The van der Waals surface area contributed by atoms with Crippen LogP contribution in [0.25, 0.3) is 11.0 Å². The van der Waals surface area contributed by atoms with E-state index in [1.807, 2.05) is 12.1 Å². The lowest BCUT2D eigenvalue weighted by Gasteiger charge is -2.01. The molecule has 2 aromatic rings. The molecule has 2 N–H and O–H groups in total. The summed E-state index contributed by atoms with van der Waals surface area (Å²) in [4.78, 5) is 0. The van der Waals surface area contributed by atoms with E-state index >= 15 is 0 Å². The second-order valence-corrected chi connectivity index (χ2v) is 5.25. The summed E-state index contributed by atoms with van der Waals surface area (Å²) in [6.45, 7) is -0.424. The first-order valence-electron chi connectivity index (χ1n) is 4.40. The number of imidazole rings is 1. The van der Waals surface area contributed by atoms with Crippen LogP contribution >= 0.6 is 44.1 Å². The van der Waals surface area contributed by atoms with Crippen LogP contribution in [0.4, 0.5) is 0 Å². The first-order chi connectivity index (χ1) is 7.60. The number of aromatic nitrogens is 2. The molecule has 2 rings (SSSR count). The minimum Gasteiger partial charge on any atom is -0.376 e. The summed E-state index contributed by atoms with van der Waals surface area (Å²) in [5.74, 6) is 0. The maximum absolute atomic E-state index is 9.26. The number of hydrogen-bond acceptors (Lipinski definition) is 3. The van der Waals surface area contributed by atoms with Crippen LogP contribution in [-0.4, -0.2) is 19.3 Å². The molecule has 0 aliphatic rings. The van der Waals surface area contributed by atoms with E-state index < -0.39 is 0 Å². The standard InChI is InChI=1S/C9H8Br2N2O2S/c10-5-1-7-8(2-6(5)11)13(4-15)9(16)12(7)3-14/h1-2,14-15H,3-4H2. The van der Waals surface area contributed by atoms with Gasteiger partial charge in [-0.3, -0.25) is 9.13 Å². The Labute approximate surface area is 113 Å². The summed E-state index contributed by atoms with van der Waals surface area (Å²) in [7, 11) is 0. The maximum Gasteiger partial charge on any atom is 0.184 e. The van der Waals surface area contributed by atoms with Crippen LogP contribution in [0.3, 0.4) is 0 Å². The van der Waals surface area contributed by atoms with Gasteiger partial charge in [0.2, 0.25) is 0 Å². The average molecular weight is 368 g/mol. The van der Waals surface area contributed by atoms with Crippen molar-refractivity contribution in [2.45, 2.75) is 13.5 Å². The highest BCUT2D eigenvalue weighted by molar-refractivity contribution is 9.13. The third-order valence-electron chi connectivity index (χ3n) is 2.34. The number of aliphatic hydroxyl groups excluding tert-OH is 2. The van der Waals surface area contributed by atoms with Gasteiger partial charge in [-0.1, -0.05) is 0 Å². The highest BCUT2D eigenvalue weighted by atomic mass is 79.9. The molecule has 1 aromatic heterocycles. The van der Waals surface area contributed by atoms with E-state index in [9.17, 15) is 10.2 Å². The smallest absolute Gasteiger partial charge is 0.184 e. The van der Waals surface area contributed by atoms with Crippen LogP contribution in [0.2, 0.25) is 0 Å². The third kappa shape index (κ3) is 1.76. The Hall–Kier alpha value is -0.210. The molecule has 0 amide bonds. The van der Waals surface area contributed by atoms with Crippen molar-refractivity contribution in [3.63, 3.8) is 0 Å². The molecular weight excluding hydrogens is 360 g/mol. The van der Waals surface area contributed by atoms with Crippen molar-refractivity contribution in [3.8, 4) is 0 Å². The molecule has 0 atom stereocenters. The zero-order valence-electron chi connectivity index (χ0n) is 8.02. The van der Waals surface area contributed by atoms with Crippen LogP contribution in [0, 0.1) is 4.77 Å². The molecule has 86 valence electrons. The highest BCUT2D eigenvalue weighted by Gasteiger charge is 2.11. The van der Waals surface area contributed by atoms with Crippen molar-refractivity contribution < 1.29 is 10.2 Å². The lowest BCUT2D eigenvalue weighted by Crippen LogP contribution is -2.00. The molecule has 0 unspecified atom stereocenters. The van der Waals surface area contributed by atoms with Gasteiger partial charge >= 0.3 is 0 Å². The zero-order chi connectivity index (χ0) is 11.9. The molecule has 0 aliphatic carbocycles. The summed E-state index contributed by atoms with van der Waals surface area (Å²) in [6.07, 6.45) is 0. The topological polar surface area (TPSA) is 50.3 Å². The van der Waals surface area contributed by atoms with E-state index in [1.54, 1.807) is 9.13 Å². The first kappa shape index (κ1) is 12.3. The molecule has 7 heteroatoms. The molecule has 0 saturated carbocycles. The van der Waals surface area contributed by atoms with Crippen LogP contribution < -0.4 is 0 Å². The number of aliphatic hydroxyl groups is 2. The summed E-state index contributed by atoms with van der Waals surface area (Å²) < 4.78 is 5.24. The Morgan fingerprint density at radius 2 is 1.38 bits per heavy atom. The normalized spacial score (nSPS) is 11.2. The zero-order valence-corrected chi connectivity index (χ0v) is 12.0. The molecule has 0 bridgehead atoms. The minimum atomic E-state index is -0.212. The lowest BCUT2D eigenvalue weighted by molar-refractivity contribution is 0.195. The van der Waals surface area contributed by atoms with Crippen molar-refractivity contribution in [2.24, 2.45) is 0 Å². The fraction of sp³-hybridized carbons (Fsp3) is 0.222. The number of nitrogens with zero attached hydrogens (tertiary/aromatic N) is 2. The Kier molecular flexibility index (Phi) is 3.50. The second-order valence-electron chi connectivity index (χ2n) is 3.18. The van der Waals surface area contributed by atoms with Gasteiger partial charge < -0.3 is 10.2 Å². The van der Waals surface area contributed by atoms with E-state index in [0.29, 0.717) is 4.77 Å². The van der Waals surface area contributed by atoms with Gasteiger partial charge in [-0.05, 0) is 56.2 Å². The Bertz CT molecular complexity index is 556. The van der Waals surface area contributed by atoms with Gasteiger partial charge in [-0.15, -0.1) is 0 Å². The molecular formula is C9H8Br2N2O2S. The minimum absolute atomic E-state index is 0.212. The Balaban J connectivity index is 2.95. The maximum atomic E-state index is 9.26. The van der Waals surface area contributed by atoms with E-state index in [1.165, 1.54) is 0 Å². The monoisotopic (exact) mass is 366 g/mol. The number of fused-ring (bicyclic) bond motifs is 1. The first-order valence-corrected chi connectivity index (χ1v) is 6.39.